The molecule has 0 spiro atoms. The highest BCUT2D eigenvalue weighted by molar-refractivity contribution is 6.20. The van der Waals surface area contributed by atoms with Crippen molar-refractivity contribution in [3.63, 3.8) is 0 Å². The number of esters is 1. The molecule has 14 heavy (non-hydrogen) atoms. The Hall–Kier alpha value is -1.02. The lowest BCUT2D eigenvalue weighted by atomic mass is 10.1. The van der Waals surface area contributed by atoms with Crippen LogP contribution in [0, 0.1) is 6.92 Å². The molecular weight excluding hydrogens is 200 g/mol. The first-order valence-electron chi connectivity index (χ1n) is 4.55. The number of rotatable bonds is 3. The molecule has 0 radical (unpaired) electrons. The van der Waals surface area contributed by atoms with Crippen molar-refractivity contribution >= 4 is 17.6 Å². The number of alkyl halides is 1. The molecule has 1 unspecified atom stereocenters. The van der Waals surface area contributed by atoms with Gasteiger partial charge >= 0.3 is 5.97 Å². The Morgan fingerprint density at radius 3 is 2.71 bits per heavy atom. The first-order chi connectivity index (χ1) is 6.65. The SMILES string of the molecule is CCC(Cl)OC(=O)c1ccccc1C. The molecule has 0 aliphatic carbocycles. The van der Waals surface area contributed by atoms with E-state index in [-0.39, 0.29) is 5.97 Å². The molecule has 1 rings (SSSR count). The maximum atomic E-state index is 11.5. The summed E-state index contributed by atoms with van der Waals surface area (Å²) in [4.78, 5) is 11.5. The van der Waals surface area contributed by atoms with Crippen LogP contribution < -0.4 is 0 Å². The van der Waals surface area contributed by atoms with Crippen LogP contribution in [0.2, 0.25) is 0 Å². The summed E-state index contributed by atoms with van der Waals surface area (Å²) in [6.45, 7) is 3.73. The minimum absolute atomic E-state index is 0.357. The summed E-state index contributed by atoms with van der Waals surface area (Å²) < 4.78 is 4.99. The van der Waals surface area contributed by atoms with E-state index in [1.165, 1.54) is 0 Å². The fourth-order valence-electron chi connectivity index (χ4n) is 1.06. The summed E-state index contributed by atoms with van der Waals surface area (Å²) >= 11 is 5.72. The summed E-state index contributed by atoms with van der Waals surface area (Å²) in [5.74, 6) is -0.357. The molecule has 0 saturated carbocycles. The molecule has 0 amide bonds. The first kappa shape index (κ1) is 11.1. The highest BCUT2D eigenvalue weighted by Gasteiger charge is 2.13. The predicted octanol–water partition coefficient (Wildman–Crippen LogP) is 3.13. The minimum atomic E-state index is -0.540. The molecule has 0 aliphatic rings. The molecule has 1 aromatic carbocycles. The number of hydrogen-bond acceptors (Lipinski definition) is 2. The number of hydrogen-bond donors (Lipinski definition) is 0. The van der Waals surface area contributed by atoms with Crippen LogP contribution in [-0.4, -0.2) is 11.5 Å². The second-order valence-electron chi connectivity index (χ2n) is 3.04. The van der Waals surface area contributed by atoms with Crippen LogP contribution in [0.4, 0.5) is 0 Å². The van der Waals surface area contributed by atoms with Gasteiger partial charge in [0.05, 0.1) is 5.56 Å². The van der Waals surface area contributed by atoms with Crippen molar-refractivity contribution in [1.29, 1.82) is 0 Å². The summed E-state index contributed by atoms with van der Waals surface area (Å²) in [5.41, 5.74) is 0.936. The van der Waals surface area contributed by atoms with Crippen molar-refractivity contribution in [2.75, 3.05) is 0 Å². The van der Waals surface area contributed by atoms with Crippen LogP contribution in [0.1, 0.15) is 29.3 Å². The van der Waals surface area contributed by atoms with Crippen LogP contribution in [0.5, 0.6) is 0 Å². The quantitative estimate of drug-likeness (QED) is 0.569. The summed E-state index contributed by atoms with van der Waals surface area (Å²) in [5, 5.41) is 0. The number of carbonyl (C=O) groups excluding carboxylic acids is 1. The van der Waals surface area contributed by atoms with Crippen molar-refractivity contribution in [3.8, 4) is 0 Å². The third-order valence-corrected chi connectivity index (χ3v) is 2.32. The molecule has 3 heteroatoms. The van der Waals surface area contributed by atoms with Gasteiger partial charge in [-0.15, -0.1) is 0 Å². The Kier molecular flexibility index (Phi) is 3.96. The van der Waals surface area contributed by atoms with Gasteiger partial charge in [0.15, 0.2) is 5.56 Å². The number of ether oxygens (including phenoxy) is 1. The maximum Gasteiger partial charge on any atom is 0.339 e. The molecule has 2 nitrogen and oxygen atoms in total. The molecule has 0 fully saturated rings. The van der Waals surface area contributed by atoms with E-state index in [4.69, 9.17) is 16.3 Å². The highest BCUT2D eigenvalue weighted by Crippen LogP contribution is 2.12. The maximum absolute atomic E-state index is 11.5. The molecule has 0 N–H and O–H groups in total. The van der Waals surface area contributed by atoms with E-state index in [9.17, 15) is 4.79 Å². The van der Waals surface area contributed by atoms with E-state index in [1.54, 1.807) is 12.1 Å². The average Bonchev–Trinajstić information content (AvgIpc) is 2.18. The van der Waals surface area contributed by atoms with Gasteiger partial charge < -0.3 is 4.74 Å². The van der Waals surface area contributed by atoms with E-state index in [0.717, 1.165) is 5.56 Å². The molecule has 0 aliphatic heterocycles. The third kappa shape index (κ3) is 2.74. The fraction of sp³-hybridized carbons (Fsp3) is 0.364. The monoisotopic (exact) mass is 212 g/mol. The van der Waals surface area contributed by atoms with Gasteiger partial charge in [-0.05, 0) is 25.0 Å². The minimum Gasteiger partial charge on any atom is -0.442 e. The molecule has 0 bridgehead atoms. The lowest BCUT2D eigenvalue weighted by Crippen LogP contribution is -2.12. The standard InChI is InChI=1S/C11H13ClO2/c1-3-10(12)14-11(13)9-7-5-4-6-8(9)2/h4-7,10H,3H2,1-2H3. The van der Waals surface area contributed by atoms with E-state index >= 15 is 0 Å². The van der Waals surface area contributed by atoms with E-state index in [2.05, 4.69) is 0 Å². The molecule has 76 valence electrons. The van der Waals surface area contributed by atoms with Crippen LogP contribution >= 0.6 is 11.6 Å². The van der Waals surface area contributed by atoms with Gasteiger partial charge in [-0.3, -0.25) is 0 Å². The van der Waals surface area contributed by atoms with Gasteiger partial charge in [0.1, 0.15) is 0 Å². The Morgan fingerprint density at radius 1 is 1.50 bits per heavy atom. The van der Waals surface area contributed by atoms with Crippen molar-refractivity contribution in [2.45, 2.75) is 25.8 Å². The Labute approximate surface area is 88.8 Å². The van der Waals surface area contributed by atoms with Gasteiger partial charge in [-0.25, -0.2) is 4.79 Å². The summed E-state index contributed by atoms with van der Waals surface area (Å²) in [6, 6.07) is 7.28. The molecule has 1 aromatic rings. The van der Waals surface area contributed by atoms with Gasteiger partial charge in [0.25, 0.3) is 0 Å². The lowest BCUT2D eigenvalue weighted by molar-refractivity contribution is 0.0442. The second kappa shape index (κ2) is 5.01. The van der Waals surface area contributed by atoms with Gasteiger partial charge in [-0.1, -0.05) is 36.7 Å². The van der Waals surface area contributed by atoms with E-state index in [1.807, 2.05) is 26.0 Å². The van der Waals surface area contributed by atoms with Crippen molar-refractivity contribution in [1.82, 2.24) is 0 Å². The second-order valence-corrected chi connectivity index (χ2v) is 3.53. The number of aryl methyl sites for hydroxylation is 1. The largest absolute Gasteiger partial charge is 0.442 e. The zero-order valence-corrected chi connectivity index (χ0v) is 9.04. The Balaban J connectivity index is 2.75. The zero-order valence-electron chi connectivity index (χ0n) is 8.29. The Morgan fingerprint density at radius 2 is 2.14 bits per heavy atom. The molecule has 0 aromatic heterocycles. The average molecular weight is 213 g/mol. The van der Waals surface area contributed by atoms with Crippen molar-refractivity contribution in [2.24, 2.45) is 0 Å². The van der Waals surface area contributed by atoms with E-state index in [0.29, 0.717) is 12.0 Å². The molecule has 0 saturated heterocycles. The lowest BCUT2D eigenvalue weighted by Gasteiger charge is -2.09. The first-order valence-corrected chi connectivity index (χ1v) is 4.99. The normalized spacial score (nSPS) is 12.2. The van der Waals surface area contributed by atoms with Crippen LogP contribution in [-0.2, 0) is 4.74 Å². The highest BCUT2D eigenvalue weighted by atomic mass is 35.5. The zero-order chi connectivity index (χ0) is 10.6. The third-order valence-electron chi connectivity index (χ3n) is 1.92. The van der Waals surface area contributed by atoms with Crippen LogP contribution in [0.3, 0.4) is 0 Å². The van der Waals surface area contributed by atoms with E-state index < -0.39 is 5.56 Å². The molecular formula is C11H13ClO2. The Bertz CT molecular complexity index is 323. The molecule has 1 atom stereocenters. The van der Waals surface area contributed by atoms with Crippen molar-refractivity contribution < 1.29 is 9.53 Å². The fourth-order valence-corrected chi connectivity index (χ4v) is 1.15. The van der Waals surface area contributed by atoms with Crippen molar-refractivity contribution in [3.05, 3.63) is 35.4 Å². The van der Waals surface area contributed by atoms with Gasteiger partial charge in [0, 0.05) is 0 Å². The summed E-state index contributed by atoms with van der Waals surface area (Å²) in [6.07, 6.45) is 0.610. The summed E-state index contributed by atoms with van der Waals surface area (Å²) in [7, 11) is 0. The van der Waals surface area contributed by atoms with Crippen LogP contribution in [0.25, 0.3) is 0 Å². The number of halogens is 1. The topological polar surface area (TPSA) is 26.3 Å². The predicted molar refractivity (Wildman–Crippen MR) is 56.5 cm³/mol. The number of benzene rings is 1. The smallest absolute Gasteiger partial charge is 0.339 e. The van der Waals surface area contributed by atoms with Gasteiger partial charge in [-0.2, -0.15) is 0 Å². The molecule has 0 heterocycles. The number of carbonyl (C=O) groups is 1. The van der Waals surface area contributed by atoms with Gasteiger partial charge in [0.2, 0.25) is 0 Å². The van der Waals surface area contributed by atoms with Crippen LogP contribution in [0.15, 0.2) is 24.3 Å².